The lowest BCUT2D eigenvalue weighted by atomic mass is 9.83. The van der Waals surface area contributed by atoms with Gasteiger partial charge in [0.25, 0.3) is 0 Å². The molecule has 3 nitrogen and oxygen atoms in total. The van der Waals surface area contributed by atoms with Gasteiger partial charge in [0.15, 0.2) is 0 Å². The highest BCUT2D eigenvalue weighted by Gasteiger charge is 2.29. The van der Waals surface area contributed by atoms with Gasteiger partial charge >= 0.3 is 0 Å². The van der Waals surface area contributed by atoms with Crippen LogP contribution in [0.3, 0.4) is 0 Å². The Balaban J connectivity index is 0.845. The minimum Gasteiger partial charge on any atom is -0.310 e. The zero-order chi connectivity index (χ0) is 48.1. The maximum absolute atomic E-state index is 2.61. The fourth-order valence-corrected chi connectivity index (χ4v) is 13.6. The highest BCUT2D eigenvalue weighted by Crippen LogP contribution is 2.50. The second kappa shape index (κ2) is 15.4. The van der Waals surface area contributed by atoms with Gasteiger partial charge in [-0.05, 0) is 192 Å². The van der Waals surface area contributed by atoms with Crippen LogP contribution in [0.1, 0.15) is 78.1 Å². The highest BCUT2D eigenvalue weighted by molar-refractivity contribution is 6.28. The Labute approximate surface area is 423 Å². The number of hydrogen-bond acceptors (Lipinski definition) is 0. The summed E-state index contributed by atoms with van der Waals surface area (Å²) in [6.07, 6.45) is 30.9. The maximum Gasteiger partial charge on any atom is 0.0626 e. The molecule has 4 aliphatic carbocycles. The van der Waals surface area contributed by atoms with E-state index in [0.717, 1.165) is 32.1 Å². The molecule has 0 amide bonds. The van der Waals surface area contributed by atoms with E-state index in [4.69, 9.17) is 0 Å². The average molecular weight is 934 g/mol. The maximum atomic E-state index is 2.61. The van der Waals surface area contributed by atoms with Crippen LogP contribution >= 0.6 is 0 Å². The van der Waals surface area contributed by atoms with Crippen LogP contribution in [0.4, 0.5) is 0 Å². The van der Waals surface area contributed by atoms with Crippen molar-refractivity contribution in [3.8, 4) is 16.8 Å². The fraction of sp³-hybridized carbons (Fsp3) is 0.114. The van der Waals surface area contributed by atoms with E-state index in [1.54, 1.807) is 0 Å². The molecule has 0 N–H and O–H groups in total. The lowest BCUT2D eigenvalue weighted by Gasteiger charge is -2.21. The first kappa shape index (κ1) is 41.0. The summed E-state index contributed by atoms with van der Waals surface area (Å²) < 4.78 is 7.49. The summed E-state index contributed by atoms with van der Waals surface area (Å²) in [7, 11) is 0. The zero-order valence-corrected chi connectivity index (χ0v) is 41.1. The van der Waals surface area contributed by atoms with Crippen molar-refractivity contribution in [3.63, 3.8) is 0 Å². The molecular weight excluding hydrogens is 883 g/mol. The monoisotopic (exact) mass is 933 g/mol. The van der Waals surface area contributed by atoms with E-state index in [-0.39, 0.29) is 5.92 Å². The predicted octanol–water partition coefficient (Wildman–Crippen LogP) is 18.6. The number of rotatable bonds is 5. The number of nitrogens with zero attached hydrogens (tertiary/aromatic N) is 3. The van der Waals surface area contributed by atoms with Crippen LogP contribution in [0.25, 0.3) is 128 Å². The van der Waals surface area contributed by atoms with Gasteiger partial charge in [-0.3, -0.25) is 0 Å². The van der Waals surface area contributed by atoms with E-state index in [2.05, 4.69) is 234 Å². The fourth-order valence-electron chi connectivity index (χ4n) is 13.6. The first-order valence-corrected chi connectivity index (χ1v) is 26.3. The molecule has 3 heteroatoms. The van der Waals surface area contributed by atoms with E-state index < -0.39 is 0 Å². The van der Waals surface area contributed by atoms with Crippen molar-refractivity contribution in [1.29, 1.82) is 0 Å². The van der Waals surface area contributed by atoms with E-state index in [1.807, 2.05) is 0 Å². The molecule has 73 heavy (non-hydrogen) atoms. The van der Waals surface area contributed by atoms with Crippen molar-refractivity contribution < 1.29 is 0 Å². The minimum atomic E-state index is 0.282. The second-order valence-corrected chi connectivity index (χ2v) is 21.0. The van der Waals surface area contributed by atoms with E-state index in [9.17, 15) is 0 Å². The van der Waals surface area contributed by atoms with Gasteiger partial charge < -0.3 is 13.5 Å². The molecule has 0 saturated carbocycles. The van der Waals surface area contributed by atoms with Crippen molar-refractivity contribution in [2.24, 2.45) is 0 Å². The summed E-state index contributed by atoms with van der Waals surface area (Å²) in [5.74, 6) is 0.282. The van der Waals surface area contributed by atoms with Crippen LogP contribution in [0.15, 0.2) is 194 Å². The normalized spacial score (nSPS) is 16.5. The average Bonchev–Trinajstić information content (AvgIpc) is 4.22. The molecule has 12 aromatic rings. The lowest BCUT2D eigenvalue weighted by molar-refractivity contribution is 0.829. The molecule has 8 aromatic carbocycles. The quantitative estimate of drug-likeness (QED) is 0.163. The Kier molecular flexibility index (Phi) is 8.66. The molecule has 4 aliphatic rings. The number of para-hydroxylation sites is 2. The van der Waals surface area contributed by atoms with Gasteiger partial charge in [-0.1, -0.05) is 121 Å². The molecule has 0 spiro atoms. The Morgan fingerprint density at radius 1 is 0.562 bits per heavy atom. The summed E-state index contributed by atoms with van der Waals surface area (Å²) in [4.78, 5) is 0. The predicted molar refractivity (Wildman–Crippen MR) is 312 cm³/mol. The first-order chi connectivity index (χ1) is 36.1. The summed E-state index contributed by atoms with van der Waals surface area (Å²) in [5.41, 5.74) is 25.0. The van der Waals surface area contributed by atoms with Gasteiger partial charge in [0.2, 0.25) is 0 Å². The van der Waals surface area contributed by atoms with E-state index in [1.165, 1.54) is 154 Å². The Morgan fingerprint density at radius 2 is 1.36 bits per heavy atom. The van der Waals surface area contributed by atoms with E-state index >= 15 is 0 Å². The summed E-state index contributed by atoms with van der Waals surface area (Å²) in [5, 5.41) is 11.9. The molecule has 346 valence electrons. The van der Waals surface area contributed by atoms with Gasteiger partial charge in [-0.25, -0.2) is 0 Å². The number of fused-ring (bicyclic) bond motifs is 16. The van der Waals surface area contributed by atoms with Crippen LogP contribution in [-0.2, 0) is 12.8 Å². The molecular formula is C70H51N3. The third-order valence-electron chi connectivity index (χ3n) is 16.9. The van der Waals surface area contributed by atoms with Crippen LogP contribution in [0.2, 0.25) is 0 Å². The van der Waals surface area contributed by atoms with Crippen LogP contribution < -0.4 is 0 Å². The van der Waals surface area contributed by atoms with Crippen molar-refractivity contribution in [2.45, 2.75) is 51.9 Å². The molecule has 0 radical (unpaired) electrons. The number of benzene rings is 8. The smallest absolute Gasteiger partial charge is 0.0626 e. The molecule has 16 rings (SSSR count). The first-order valence-electron chi connectivity index (χ1n) is 26.3. The van der Waals surface area contributed by atoms with Crippen molar-refractivity contribution in [2.75, 3.05) is 0 Å². The summed E-state index contributed by atoms with van der Waals surface area (Å²) in [6, 6.07) is 53.5. The molecule has 4 aromatic heterocycles. The molecule has 0 fully saturated rings. The largest absolute Gasteiger partial charge is 0.310 e. The third-order valence-corrected chi connectivity index (χ3v) is 16.9. The number of hydrogen-bond donors (Lipinski definition) is 0. The van der Waals surface area contributed by atoms with Gasteiger partial charge in [0, 0.05) is 60.6 Å². The minimum absolute atomic E-state index is 0.282. The van der Waals surface area contributed by atoms with Crippen molar-refractivity contribution >= 4 is 111 Å². The van der Waals surface area contributed by atoms with Crippen molar-refractivity contribution in [1.82, 2.24) is 13.5 Å². The standard InChI is InChI=1S/C70H51N3/c1-3-15-54-42(2)32-51-39-60-59-37-49-33-43(45-28-31-65-58(36-45)56-21-13-14-23-63(56)72(65)53-18-9-5-10-19-53)24-26-47(49)40-66(59)73-67-41-48-27-25-44(34-50(48)38-61(67)69(68(51)54)70(60)73)46-29-30-64-57(35-46)55-20-11-6-12-22-62(55)71(64)52-16-7-4-8-17-52/h3,5,7,9-31,33,35-41,44H,4,6,8,32,34H2,1-2H3/b15-3-/t44-/m0/s1. The molecule has 1 atom stereocenters. The molecule has 0 bridgehead atoms. The van der Waals surface area contributed by atoms with Gasteiger partial charge in [0.1, 0.15) is 0 Å². The Bertz CT molecular complexity index is 4640. The van der Waals surface area contributed by atoms with Crippen molar-refractivity contribution in [3.05, 3.63) is 233 Å². The summed E-state index contributed by atoms with van der Waals surface area (Å²) in [6.45, 7) is 4.49. The van der Waals surface area contributed by atoms with Gasteiger partial charge in [0.05, 0.1) is 38.8 Å². The number of aromatic nitrogens is 3. The van der Waals surface area contributed by atoms with Crippen LogP contribution in [0, 0.1) is 0 Å². The van der Waals surface area contributed by atoms with Crippen LogP contribution in [-0.4, -0.2) is 13.5 Å². The molecule has 4 heterocycles. The Hall–Kier alpha value is -8.66. The summed E-state index contributed by atoms with van der Waals surface area (Å²) >= 11 is 0. The topological polar surface area (TPSA) is 14.3 Å². The molecule has 0 saturated heterocycles. The lowest BCUT2D eigenvalue weighted by Crippen LogP contribution is -2.06. The molecule has 0 aliphatic heterocycles. The van der Waals surface area contributed by atoms with Gasteiger partial charge in [-0.2, -0.15) is 0 Å². The SMILES string of the molecule is C/C=C\C1=C(C)Cc2cc3c4cc5cc(-c6ccc7c(c6)c6ccccc6n7-c6ccccc6)ccc5cc4n4c5cc6c(cc5c(c21)c34)C[C@@H](c1ccc2c(c1)c1c(n2C2=CCCC=C2)C=CCC=C1)C=C6. The van der Waals surface area contributed by atoms with Gasteiger partial charge in [-0.15, -0.1) is 0 Å². The Morgan fingerprint density at radius 3 is 2.26 bits per heavy atom. The number of allylic oxidation sites excluding steroid dienone is 11. The second-order valence-electron chi connectivity index (χ2n) is 21.0. The van der Waals surface area contributed by atoms with Crippen LogP contribution in [0.5, 0.6) is 0 Å². The highest BCUT2D eigenvalue weighted by atomic mass is 15.0. The molecule has 0 unspecified atom stereocenters. The third kappa shape index (κ3) is 5.88. The zero-order valence-electron chi connectivity index (χ0n) is 41.1. The van der Waals surface area contributed by atoms with E-state index in [0.29, 0.717) is 0 Å².